The summed E-state index contributed by atoms with van der Waals surface area (Å²) in [6.07, 6.45) is 5.17. The maximum absolute atomic E-state index is 12.1. The van der Waals surface area contributed by atoms with Gasteiger partial charge in [-0.2, -0.15) is 5.10 Å². The third kappa shape index (κ3) is 3.89. The fraction of sp³-hybridized carbons (Fsp3) is 0.412. The van der Waals surface area contributed by atoms with E-state index in [0.717, 1.165) is 45.0 Å². The van der Waals surface area contributed by atoms with Crippen LogP contribution in [0.5, 0.6) is 0 Å². The fourth-order valence-electron chi connectivity index (χ4n) is 3.08. The summed E-state index contributed by atoms with van der Waals surface area (Å²) in [4.78, 5) is 16.8. The van der Waals surface area contributed by atoms with Gasteiger partial charge in [-0.3, -0.25) is 14.6 Å². The van der Waals surface area contributed by atoms with E-state index in [9.17, 15) is 4.79 Å². The van der Waals surface area contributed by atoms with Crippen LogP contribution in [-0.2, 0) is 13.1 Å². The molecule has 136 valence electrons. The average molecular weight is 355 g/mol. The number of piperazine rings is 1. The monoisotopic (exact) mass is 355 g/mol. The van der Waals surface area contributed by atoms with Crippen molar-refractivity contribution in [3.05, 3.63) is 59.0 Å². The van der Waals surface area contributed by atoms with Crippen LogP contribution in [0.2, 0.25) is 0 Å². The van der Waals surface area contributed by atoms with Gasteiger partial charge < -0.3 is 4.52 Å². The second-order valence-electron chi connectivity index (χ2n) is 6.30. The van der Waals surface area contributed by atoms with Crippen molar-refractivity contribution in [3.63, 3.8) is 0 Å². The predicted molar refractivity (Wildman–Crippen MR) is 93.8 cm³/mol. The summed E-state index contributed by atoms with van der Waals surface area (Å²) in [7, 11) is 0. The van der Waals surface area contributed by atoms with Crippen LogP contribution in [0, 0.1) is 0 Å². The Labute approximate surface area is 150 Å². The summed E-state index contributed by atoms with van der Waals surface area (Å²) in [5.74, 6) is 1.54. The van der Waals surface area contributed by atoms with Gasteiger partial charge in [0.1, 0.15) is 0 Å². The second-order valence-corrected chi connectivity index (χ2v) is 6.30. The lowest BCUT2D eigenvalue weighted by Gasteiger charge is -2.34. The number of hydrogen-bond donors (Lipinski definition) is 0. The molecule has 0 unspecified atom stereocenters. The van der Waals surface area contributed by atoms with Crippen LogP contribution >= 0.6 is 0 Å². The van der Waals surface area contributed by atoms with E-state index in [1.54, 1.807) is 29.2 Å². The van der Waals surface area contributed by atoms with Gasteiger partial charge >= 0.3 is 0 Å². The molecule has 0 amide bonds. The van der Waals surface area contributed by atoms with Crippen molar-refractivity contribution in [2.75, 3.05) is 32.7 Å². The van der Waals surface area contributed by atoms with Gasteiger partial charge in [0, 0.05) is 57.3 Å². The lowest BCUT2D eigenvalue weighted by molar-refractivity contribution is 0.114. The molecule has 1 aliphatic heterocycles. The number of rotatable bonds is 6. The summed E-state index contributed by atoms with van der Waals surface area (Å²) >= 11 is 0. The Bertz CT molecular complexity index is 865. The predicted octanol–water partition coefficient (Wildman–Crippen LogP) is 0.235. The van der Waals surface area contributed by atoms with Gasteiger partial charge in [0.2, 0.25) is 0 Å². The number of hydrogen-bond acceptors (Lipinski definition) is 7. The van der Waals surface area contributed by atoms with Gasteiger partial charge in [-0.05, 0) is 12.1 Å². The maximum atomic E-state index is 12.1. The van der Waals surface area contributed by atoms with Crippen LogP contribution in [0.15, 0.2) is 52.2 Å². The first-order valence-electron chi connectivity index (χ1n) is 8.70. The van der Waals surface area contributed by atoms with Crippen LogP contribution in [-0.4, -0.2) is 67.2 Å². The lowest BCUT2D eigenvalue weighted by Crippen LogP contribution is -2.47. The molecular weight excluding hydrogens is 334 g/mol. The Morgan fingerprint density at radius 3 is 2.58 bits per heavy atom. The topological polar surface area (TPSA) is 85.2 Å². The molecule has 1 saturated heterocycles. The minimum absolute atomic E-state index is 0.0927. The van der Waals surface area contributed by atoms with Gasteiger partial charge in [0.15, 0.2) is 11.6 Å². The summed E-state index contributed by atoms with van der Waals surface area (Å²) in [6, 6.07) is 6.96. The summed E-state index contributed by atoms with van der Waals surface area (Å²) in [5.41, 5.74) is -0.0927. The van der Waals surface area contributed by atoms with Crippen LogP contribution in [0.25, 0.3) is 5.82 Å². The minimum atomic E-state index is -0.0927. The normalized spacial score (nSPS) is 16.2. The van der Waals surface area contributed by atoms with Crippen molar-refractivity contribution in [1.29, 1.82) is 0 Å². The molecule has 0 aliphatic carbocycles. The highest BCUT2D eigenvalue weighted by molar-refractivity contribution is 5.17. The molecule has 0 atom stereocenters. The average Bonchev–Trinajstić information content (AvgIpc) is 3.36. The molecule has 0 N–H and O–H groups in total. The Hall–Kier alpha value is -2.78. The van der Waals surface area contributed by atoms with E-state index in [1.165, 1.54) is 4.68 Å². The second kappa shape index (κ2) is 7.63. The van der Waals surface area contributed by atoms with Crippen molar-refractivity contribution in [1.82, 2.24) is 34.5 Å². The summed E-state index contributed by atoms with van der Waals surface area (Å²) in [6.45, 7) is 6.01. The van der Waals surface area contributed by atoms with Crippen LogP contribution in [0.3, 0.4) is 0 Å². The van der Waals surface area contributed by atoms with E-state index in [1.807, 2.05) is 18.3 Å². The van der Waals surface area contributed by atoms with Crippen molar-refractivity contribution in [2.24, 2.45) is 0 Å². The molecule has 0 bridgehead atoms. The molecule has 9 nitrogen and oxygen atoms in total. The number of nitrogens with zero attached hydrogens (tertiary/aromatic N) is 7. The SMILES string of the molecule is O=c1ccc(-n2cccn2)nn1CCN1CCN(Cc2ccno2)CC1. The maximum Gasteiger partial charge on any atom is 0.266 e. The highest BCUT2D eigenvalue weighted by atomic mass is 16.5. The molecular formula is C17H21N7O2. The highest BCUT2D eigenvalue weighted by Crippen LogP contribution is 2.08. The minimum Gasteiger partial charge on any atom is -0.360 e. The van der Waals surface area contributed by atoms with Crippen LogP contribution < -0.4 is 5.56 Å². The van der Waals surface area contributed by atoms with Gasteiger partial charge in [-0.15, -0.1) is 5.10 Å². The largest absolute Gasteiger partial charge is 0.360 e. The first-order valence-corrected chi connectivity index (χ1v) is 8.70. The summed E-state index contributed by atoms with van der Waals surface area (Å²) in [5, 5.41) is 12.3. The molecule has 9 heteroatoms. The molecule has 4 rings (SSSR count). The lowest BCUT2D eigenvalue weighted by atomic mass is 10.3. The Morgan fingerprint density at radius 1 is 1.00 bits per heavy atom. The fourth-order valence-corrected chi connectivity index (χ4v) is 3.08. The van der Waals surface area contributed by atoms with Gasteiger partial charge in [0.25, 0.3) is 5.56 Å². The molecule has 3 aromatic heterocycles. The molecule has 1 fully saturated rings. The first kappa shape index (κ1) is 16.7. The first-order chi connectivity index (χ1) is 12.8. The zero-order chi connectivity index (χ0) is 17.8. The van der Waals surface area contributed by atoms with Gasteiger partial charge in [-0.1, -0.05) is 5.16 Å². The van der Waals surface area contributed by atoms with Crippen molar-refractivity contribution in [2.45, 2.75) is 13.1 Å². The molecule has 1 aliphatic rings. The molecule has 0 saturated carbocycles. The van der Waals surface area contributed by atoms with E-state index in [4.69, 9.17) is 4.52 Å². The Balaban J connectivity index is 1.31. The zero-order valence-electron chi connectivity index (χ0n) is 14.4. The molecule has 4 heterocycles. The van der Waals surface area contributed by atoms with E-state index < -0.39 is 0 Å². The van der Waals surface area contributed by atoms with Crippen LogP contribution in [0.4, 0.5) is 0 Å². The zero-order valence-corrected chi connectivity index (χ0v) is 14.4. The smallest absolute Gasteiger partial charge is 0.266 e. The Morgan fingerprint density at radius 2 is 1.85 bits per heavy atom. The van der Waals surface area contributed by atoms with E-state index in [-0.39, 0.29) is 5.56 Å². The van der Waals surface area contributed by atoms with Crippen molar-refractivity contribution < 1.29 is 4.52 Å². The molecule has 0 spiro atoms. The van der Waals surface area contributed by atoms with E-state index >= 15 is 0 Å². The summed E-state index contributed by atoms with van der Waals surface area (Å²) < 4.78 is 8.33. The standard InChI is InChI=1S/C17H21N7O2/c25-17-3-2-16(23-7-1-5-18-23)20-24(17)13-12-21-8-10-22(11-9-21)14-15-4-6-19-26-15/h1-7H,8-14H2. The molecule has 0 aromatic carbocycles. The van der Waals surface area contributed by atoms with Crippen molar-refractivity contribution in [3.8, 4) is 5.82 Å². The third-order valence-corrected chi connectivity index (χ3v) is 4.56. The molecule has 26 heavy (non-hydrogen) atoms. The van der Waals surface area contributed by atoms with Crippen LogP contribution in [0.1, 0.15) is 5.76 Å². The van der Waals surface area contributed by atoms with Gasteiger partial charge in [-0.25, -0.2) is 9.36 Å². The quantitative estimate of drug-likeness (QED) is 0.626. The van der Waals surface area contributed by atoms with Crippen molar-refractivity contribution >= 4 is 0 Å². The molecule has 3 aromatic rings. The van der Waals surface area contributed by atoms with Gasteiger partial charge in [0.05, 0.1) is 19.3 Å². The third-order valence-electron chi connectivity index (χ3n) is 4.56. The number of aromatic nitrogens is 5. The highest BCUT2D eigenvalue weighted by Gasteiger charge is 2.18. The van der Waals surface area contributed by atoms with E-state index in [0.29, 0.717) is 12.4 Å². The molecule has 0 radical (unpaired) electrons. The van der Waals surface area contributed by atoms with E-state index in [2.05, 4.69) is 25.2 Å². The Kier molecular flexibility index (Phi) is 4.89.